The Kier molecular flexibility index (Phi) is 3.48. The summed E-state index contributed by atoms with van der Waals surface area (Å²) in [6.45, 7) is 0. The van der Waals surface area contributed by atoms with Crippen molar-refractivity contribution in [3.05, 3.63) is 69.3 Å². The first-order chi connectivity index (χ1) is 10.9. The molecule has 1 aromatic heterocycles. The molecule has 0 aliphatic carbocycles. The summed E-state index contributed by atoms with van der Waals surface area (Å²) in [5.74, 6) is -4.59. The van der Waals surface area contributed by atoms with E-state index >= 15 is 0 Å². The zero-order chi connectivity index (χ0) is 16.7. The maximum Gasteiger partial charge on any atom is 0.339 e. The minimum absolute atomic E-state index is 0.00695. The van der Waals surface area contributed by atoms with Crippen molar-refractivity contribution in [3.63, 3.8) is 0 Å². The van der Waals surface area contributed by atoms with E-state index in [-0.39, 0.29) is 28.5 Å². The van der Waals surface area contributed by atoms with Crippen molar-refractivity contribution in [3.8, 4) is 11.5 Å². The highest BCUT2D eigenvalue weighted by Crippen LogP contribution is 2.33. The Labute approximate surface area is 127 Å². The molecular weight excluding hydrogens is 313 g/mol. The summed E-state index contributed by atoms with van der Waals surface area (Å²) in [6, 6.07) is 4.97. The molecule has 7 heteroatoms. The van der Waals surface area contributed by atoms with Crippen LogP contribution in [0.5, 0.6) is 11.5 Å². The van der Waals surface area contributed by atoms with Gasteiger partial charge in [-0.2, -0.15) is 0 Å². The molecule has 118 valence electrons. The monoisotopic (exact) mass is 322 g/mol. The van der Waals surface area contributed by atoms with Gasteiger partial charge in [-0.1, -0.05) is 0 Å². The highest BCUT2D eigenvalue weighted by molar-refractivity contribution is 5.85. The van der Waals surface area contributed by atoms with E-state index in [0.29, 0.717) is 12.1 Å². The molecule has 2 N–H and O–H groups in total. The number of phenols is 2. The Bertz CT molecular complexity index is 979. The van der Waals surface area contributed by atoms with Gasteiger partial charge in [-0.3, -0.25) is 0 Å². The van der Waals surface area contributed by atoms with Gasteiger partial charge < -0.3 is 14.6 Å². The summed E-state index contributed by atoms with van der Waals surface area (Å²) in [5, 5.41) is 19.3. The lowest BCUT2D eigenvalue weighted by Crippen LogP contribution is -2.09. The van der Waals surface area contributed by atoms with Gasteiger partial charge in [0.05, 0.1) is 0 Å². The fourth-order valence-corrected chi connectivity index (χ4v) is 2.23. The Morgan fingerprint density at radius 3 is 2.35 bits per heavy atom. The normalized spacial score (nSPS) is 11.1. The van der Waals surface area contributed by atoms with Crippen molar-refractivity contribution in [2.75, 3.05) is 0 Å². The van der Waals surface area contributed by atoms with Gasteiger partial charge >= 0.3 is 5.63 Å². The van der Waals surface area contributed by atoms with Gasteiger partial charge in [0.25, 0.3) is 0 Å². The average Bonchev–Trinajstić information content (AvgIpc) is 2.50. The number of halogens is 3. The van der Waals surface area contributed by atoms with Crippen LogP contribution in [-0.4, -0.2) is 10.2 Å². The van der Waals surface area contributed by atoms with Gasteiger partial charge in [-0.25, -0.2) is 18.0 Å². The van der Waals surface area contributed by atoms with Crippen molar-refractivity contribution in [2.24, 2.45) is 0 Å². The van der Waals surface area contributed by atoms with Crippen molar-refractivity contribution >= 4 is 11.0 Å². The van der Waals surface area contributed by atoms with E-state index in [1.54, 1.807) is 0 Å². The summed E-state index contributed by atoms with van der Waals surface area (Å²) in [5.41, 5.74) is -1.32. The van der Waals surface area contributed by atoms with Crippen LogP contribution < -0.4 is 5.63 Å². The highest BCUT2D eigenvalue weighted by Gasteiger charge is 2.15. The van der Waals surface area contributed by atoms with E-state index in [4.69, 9.17) is 4.42 Å². The number of hydrogen-bond donors (Lipinski definition) is 2. The fourth-order valence-electron chi connectivity index (χ4n) is 2.23. The largest absolute Gasteiger partial charge is 0.504 e. The van der Waals surface area contributed by atoms with Crippen LogP contribution in [0.1, 0.15) is 11.1 Å². The summed E-state index contributed by atoms with van der Waals surface area (Å²) in [7, 11) is 0. The van der Waals surface area contributed by atoms with E-state index < -0.39 is 34.6 Å². The van der Waals surface area contributed by atoms with Gasteiger partial charge in [0.15, 0.2) is 23.0 Å². The van der Waals surface area contributed by atoms with Crippen LogP contribution in [0.4, 0.5) is 13.2 Å². The maximum atomic E-state index is 13.7. The van der Waals surface area contributed by atoms with Crippen LogP contribution in [0.3, 0.4) is 0 Å². The van der Waals surface area contributed by atoms with Crippen LogP contribution >= 0.6 is 0 Å². The SMILES string of the molecule is O=c1oc2c(O)c(O)ccc2cc1Cc1cc(F)c(F)cc1F. The van der Waals surface area contributed by atoms with Gasteiger partial charge in [-0.15, -0.1) is 0 Å². The number of phenolic OH excluding ortho intramolecular Hbond substituents is 2. The van der Waals surface area contributed by atoms with Crippen LogP contribution in [0.15, 0.2) is 39.5 Å². The predicted octanol–water partition coefficient (Wildman–Crippen LogP) is 3.21. The van der Waals surface area contributed by atoms with Gasteiger partial charge in [0, 0.05) is 23.4 Å². The summed E-state index contributed by atoms with van der Waals surface area (Å²) < 4.78 is 44.7. The Balaban J connectivity index is 2.11. The first kappa shape index (κ1) is 15.0. The van der Waals surface area contributed by atoms with Crippen LogP contribution in [0.2, 0.25) is 0 Å². The smallest absolute Gasteiger partial charge is 0.339 e. The molecule has 0 saturated carbocycles. The third-order valence-electron chi connectivity index (χ3n) is 3.40. The lowest BCUT2D eigenvalue weighted by Gasteiger charge is -2.06. The van der Waals surface area contributed by atoms with Gasteiger partial charge in [0.2, 0.25) is 5.75 Å². The topological polar surface area (TPSA) is 70.7 Å². The second-order valence-electron chi connectivity index (χ2n) is 4.95. The second-order valence-corrected chi connectivity index (χ2v) is 4.95. The first-order valence-corrected chi connectivity index (χ1v) is 6.48. The minimum Gasteiger partial charge on any atom is -0.504 e. The Morgan fingerprint density at radius 2 is 1.61 bits per heavy atom. The maximum absolute atomic E-state index is 13.7. The Morgan fingerprint density at radius 1 is 0.913 bits per heavy atom. The van der Waals surface area contributed by atoms with Crippen molar-refractivity contribution in [1.82, 2.24) is 0 Å². The Hall–Kier alpha value is -2.96. The molecule has 0 bridgehead atoms. The molecule has 0 amide bonds. The predicted molar refractivity (Wildman–Crippen MR) is 74.9 cm³/mol. The molecule has 2 aromatic carbocycles. The van der Waals surface area contributed by atoms with Crippen LogP contribution in [0.25, 0.3) is 11.0 Å². The molecule has 0 fully saturated rings. The second kappa shape index (κ2) is 5.35. The molecule has 1 heterocycles. The van der Waals surface area contributed by atoms with E-state index in [9.17, 15) is 28.2 Å². The molecule has 0 aliphatic rings. The molecule has 3 rings (SSSR count). The molecule has 0 atom stereocenters. The van der Waals surface area contributed by atoms with Crippen LogP contribution in [-0.2, 0) is 6.42 Å². The zero-order valence-electron chi connectivity index (χ0n) is 11.4. The number of fused-ring (bicyclic) bond motifs is 1. The summed E-state index contributed by atoms with van der Waals surface area (Å²) >= 11 is 0. The van der Waals surface area contributed by atoms with Gasteiger partial charge in [0.1, 0.15) is 5.82 Å². The number of aromatic hydroxyl groups is 2. The molecule has 0 saturated heterocycles. The van der Waals surface area contributed by atoms with Crippen molar-refractivity contribution < 1.29 is 27.8 Å². The van der Waals surface area contributed by atoms with Crippen LogP contribution in [0, 0.1) is 17.5 Å². The first-order valence-electron chi connectivity index (χ1n) is 6.48. The van der Waals surface area contributed by atoms with E-state index in [2.05, 4.69) is 0 Å². The standard InChI is InChI=1S/C16H9F3O4/c17-10-6-12(19)11(18)5-8(10)4-9-3-7-1-2-13(20)14(21)15(7)23-16(9)22/h1-3,5-6,20-21H,4H2. The molecule has 23 heavy (non-hydrogen) atoms. The molecule has 0 aliphatic heterocycles. The van der Waals surface area contributed by atoms with Crippen molar-refractivity contribution in [2.45, 2.75) is 6.42 Å². The molecule has 3 aromatic rings. The highest BCUT2D eigenvalue weighted by atomic mass is 19.2. The minimum atomic E-state index is -1.32. The lowest BCUT2D eigenvalue weighted by atomic mass is 10.0. The number of benzene rings is 2. The number of rotatable bonds is 2. The molecule has 0 radical (unpaired) electrons. The van der Waals surface area contributed by atoms with E-state index in [1.165, 1.54) is 18.2 Å². The van der Waals surface area contributed by atoms with Crippen molar-refractivity contribution in [1.29, 1.82) is 0 Å². The third-order valence-corrected chi connectivity index (χ3v) is 3.40. The summed E-state index contributed by atoms with van der Waals surface area (Å²) in [6.07, 6.45) is -0.317. The average molecular weight is 322 g/mol. The quantitative estimate of drug-likeness (QED) is 0.432. The lowest BCUT2D eigenvalue weighted by molar-refractivity contribution is 0.397. The van der Waals surface area contributed by atoms with E-state index in [1.807, 2.05) is 0 Å². The molecular formula is C16H9F3O4. The summed E-state index contributed by atoms with van der Waals surface area (Å²) in [4.78, 5) is 11.9. The fraction of sp³-hybridized carbons (Fsp3) is 0.0625. The zero-order valence-corrected chi connectivity index (χ0v) is 11.4. The molecule has 0 spiro atoms. The molecule has 4 nitrogen and oxygen atoms in total. The molecule has 0 unspecified atom stereocenters. The third kappa shape index (κ3) is 2.61. The van der Waals surface area contributed by atoms with Gasteiger partial charge in [-0.05, 0) is 29.8 Å². The van der Waals surface area contributed by atoms with E-state index in [0.717, 1.165) is 0 Å². The number of hydrogen-bond acceptors (Lipinski definition) is 4.